The quantitative estimate of drug-likeness (QED) is 0.800. The van der Waals surface area contributed by atoms with Crippen LogP contribution >= 0.6 is 11.8 Å². The lowest BCUT2D eigenvalue weighted by Crippen LogP contribution is -2.24. The fourth-order valence-electron chi connectivity index (χ4n) is 1.86. The summed E-state index contributed by atoms with van der Waals surface area (Å²) in [7, 11) is 0. The number of aromatic carboxylic acids is 1. The summed E-state index contributed by atoms with van der Waals surface area (Å²) in [6, 6.07) is 9.38. The van der Waals surface area contributed by atoms with Crippen LogP contribution in [0, 0.1) is 13.8 Å². The Morgan fingerprint density at radius 2 is 1.91 bits per heavy atom. The van der Waals surface area contributed by atoms with Gasteiger partial charge in [0.25, 0.3) is 0 Å². The summed E-state index contributed by atoms with van der Waals surface area (Å²) < 4.78 is 5.30. The van der Waals surface area contributed by atoms with Crippen LogP contribution in [0.15, 0.2) is 39.6 Å². The summed E-state index contributed by atoms with van der Waals surface area (Å²) in [6.07, 6.45) is 0. The third-order valence-electron chi connectivity index (χ3n) is 3.05. The molecule has 2 N–H and O–H groups in total. The van der Waals surface area contributed by atoms with Crippen molar-refractivity contribution >= 4 is 23.6 Å². The molecule has 0 fully saturated rings. The zero-order valence-corrected chi connectivity index (χ0v) is 13.2. The smallest absolute Gasteiger partial charge is 0.339 e. The maximum absolute atomic E-state index is 11.8. The first-order valence-electron chi connectivity index (χ1n) is 6.74. The number of rotatable bonds is 6. The van der Waals surface area contributed by atoms with Gasteiger partial charge in [0.1, 0.15) is 17.1 Å². The molecule has 0 spiro atoms. The molecule has 22 heavy (non-hydrogen) atoms. The zero-order chi connectivity index (χ0) is 16.1. The van der Waals surface area contributed by atoms with E-state index >= 15 is 0 Å². The van der Waals surface area contributed by atoms with Gasteiger partial charge in [-0.05, 0) is 32.0 Å². The Balaban J connectivity index is 1.81. The second-order valence-corrected chi connectivity index (χ2v) is 5.91. The van der Waals surface area contributed by atoms with Crippen molar-refractivity contribution in [2.45, 2.75) is 25.3 Å². The van der Waals surface area contributed by atoms with Crippen LogP contribution < -0.4 is 5.32 Å². The van der Waals surface area contributed by atoms with Gasteiger partial charge in [0, 0.05) is 4.90 Å². The first kappa shape index (κ1) is 16.2. The minimum atomic E-state index is -1.03. The van der Waals surface area contributed by atoms with Gasteiger partial charge in [-0.3, -0.25) is 4.79 Å². The molecular formula is C16H17NO4S. The number of nitrogens with one attached hydrogen (secondary N) is 1. The predicted molar refractivity (Wildman–Crippen MR) is 84.2 cm³/mol. The monoisotopic (exact) mass is 319 g/mol. The van der Waals surface area contributed by atoms with Crippen molar-refractivity contribution in [2.24, 2.45) is 0 Å². The largest absolute Gasteiger partial charge is 0.478 e. The molecule has 0 unspecified atom stereocenters. The number of aryl methyl sites for hydroxylation is 2. The SMILES string of the molecule is Cc1ccc(SCC(=O)NCc2cc(C(=O)O)c(C)o2)cc1. The van der Waals surface area contributed by atoms with E-state index in [-0.39, 0.29) is 18.0 Å². The van der Waals surface area contributed by atoms with E-state index in [0.717, 1.165) is 4.90 Å². The van der Waals surface area contributed by atoms with E-state index in [0.29, 0.717) is 17.3 Å². The number of benzene rings is 1. The Hall–Kier alpha value is -2.21. The van der Waals surface area contributed by atoms with Gasteiger partial charge in [0.05, 0.1) is 12.3 Å². The molecule has 0 saturated carbocycles. The fourth-order valence-corrected chi connectivity index (χ4v) is 2.59. The third kappa shape index (κ3) is 4.39. The molecule has 2 rings (SSSR count). The minimum Gasteiger partial charge on any atom is -0.478 e. The van der Waals surface area contributed by atoms with Crippen LogP contribution in [0.1, 0.15) is 27.4 Å². The molecule has 0 aliphatic rings. The molecule has 5 nitrogen and oxygen atoms in total. The number of thioether (sulfide) groups is 1. The fraction of sp³-hybridized carbons (Fsp3) is 0.250. The molecule has 0 aliphatic carbocycles. The van der Waals surface area contributed by atoms with Crippen molar-refractivity contribution in [1.82, 2.24) is 5.32 Å². The van der Waals surface area contributed by atoms with Crippen LogP contribution in [0.2, 0.25) is 0 Å². The molecule has 0 bridgehead atoms. The van der Waals surface area contributed by atoms with Crippen molar-refractivity contribution in [3.63, 3.8) is 0 Å². The number of carbonyl (C=O) groups is 2. The van der Waals surface area contributed by atoms with E-state index in [9.17, 15) is 9.59 Å². The first-order chi connectivity index (χ1) is 10.5. The van der Waals surface area contributed by atoms with Gasteiger partial charge >= 0.3 is 5.97 Å². The van der Waals surface area contributed by atoms with E-state index < -0.39 is 5.97 Å². The minimum absolute atomic E-state index is 0.123. The molecule has 1 aromatic heterocycles. The van der Waals surface area contributed by atoms with E-state index in [1.807, 2.05) is 31.2 Å². The zero-order valence-electron chi connectivity index (χ0n) is 12.4. The third-order valence-corrected chi connectivity index (χ3v) is 4.06. The second kappa shape index (κ2) is 7.17. The highest BCUT2D eigenvalue weighted by Crippen LogP contribution is 2.18. The second-order valence-electron chi connectivity index (χ2n) is 4.87. The molecular weight excluding hydrogens is 302 g/mol. The van der Waals surface area contributed by atoms with Crippen LogP contribution in [0.4, 0.5) is 0 Å². The van der Waals surface area contributed by atoms with Gasteiger partial charge in [-0.2, -0.15) is 0 Å². The maximum Gasteiger partial charge on any atom is 0.339 e. The topological polar surface area (TPSA) is 79.5 Å². The van der Waals surface area contributed by atoms with Crippen LogP contribution in [-0.4, -0.2) is 22.7 Å². The Kier molecular flexibility index (Phi) is 5.27. The molecule has 1 amide bonds. The summed E-state index contributed by atoms with van der Waals surface area (Å²) in [4.78, 5) is 23.7. The van der Waals surface area contributed by atoms with Gasteiger partial charge < -0.3 is 14.8 Å². The average Bonchev–Trinajstić information content (AvgIpc) is 2.86. The van der Waals surface area contributed by atoms with E-state index in [4.69, 9.17) is 9.52 Å². The Labute approximate surface area is 132 Å². The molecule has 0 saturated heterocycles. The van der Waals surface area contributed by atoms with Gasteiger partial charge in [0.15, 0.2) is 0 Å². The lowest BCUT2D eigenvalue weighted by Gasteiger charge is -2.04. The summed E-state index contributed by atoms with van der Waals surface area (Å²) in [6.45, 7) is 3.78. The maximum atomic E-state index is 11.8. The number of amides is 1. The van der Waals surface area contributed by atoms with E-state index in [1.54, 1.807) is 6.92 Å². The highest BCUT2D eigenvalue weighted by Gasteiger charge is 2.14. The van der Waals surface area contributed by atoms with Gasteiger partial charge in [-0.15, -0.1) is 11.8 Å². The molecule has 116 valence electrons. The lowest BCUT2D eigenvalue weighted by molar-refractivity contribution is -0.118. The molecule has 1 aromatic carbocycles. The normalized spacial score (nSPS) is 10.5. The van der Waals surface area contributed by atoms with Gasteiger partial charge in [-0.25, -0.2) is 4.79 Å². The van der Waals surface area contributed by atoms with Crippen molar-refractivity contribution in [3.8, 4) is 0 Å². The van der Waals surface area contributed by atoms with Crippen LogP contribution in [0.3, 0.4) is 0 Å². The number of hydrogen-bond acceptors (Lipinski definition) is 4. The molecule has 0 aliphatic heterocycles. The Bertz CT molecular complexity index is 676. The van der Waals surface area contributed by atoms with Crippen molar-refractivity contribution in [2.75, 3.05) is 5.75 Å². The first-order valence-corrected chi connectivity index (χ1v) is 7.73. The summed E-state index contributed by atoms with van der Waals surface area (Å²) in [5.74, 6) is -0.0891. The lowest BCUT2D eigenvalue weighted by atomic mass is 10.2. The summed E-state index contributed by atoms with van der Waals surface area (Å²) in [5, 5.41) is 11.6. The number of furan rings is 1. The highest BCUT2D eigenvalue weighted by molar-refractivity contribution is 8.00. The highest BCUT2D eigenvalue weighted by atomic mass is 32.2. The summed E-state index contributed by atoms with van der Waals surface area (Å²) in [5.41, 5.74) is 1.30. The Morgan fingerprint density at radius 1 is 1.23 bits per heavy atom. The average molecular weight is 319 g/mol. The van der Waals surface area contributed by atoms with Gasteiger partial charge in [0.2, 0.25) is 5.91 Å². The molecule has 2 aromatic rings. The number of hydrogen-bond donors (Lipinski definition) is 2. The van der Waals surface area contributed by atoms with Gasteiger partial charge in [-0.1, -0.05) is 17.7 Å². The van der Waals surface area contributed by atoms with Crippen molar-refractivity contribution in [3.05, 3.63) is 53.0 Å². The van der Waals surface area contributed by atoms with Crippen LogP contribution in [0.5, 0.6) is 0 Å². The molecule has 0 radical (unpaired) electrons. The van der Waals surface area contributed by atoms with Crippen molar-refractivity contribution in [1.29, 1.82) is 0 Å². The van der Waals surface area contributed by atoms with Crippen LogP contribution in [0.25, 0.3) is 0 Å². The standard InChI is InChI=1S/C16H17NO4S/c1-10-3-5-13(6-4-10)22-9-15(18)17-8-12-7-14(16(19)20)11(2)21-12/h3-7H,8-9H2,1-2H3,(H,17,18)(H,19,20). The van der Waals surface area contributed by atoms with Crippen molar-refractivity contribution < 1.29 is 19.1 Å². The number of carboxylic acids is 1. The predicted octanol–water partition coefficient (Wildman–Crippen LogP) is 3.00. The van der Waals surface area contributed by atoms with E-state index in [2.05, 4.69) is 5.32 Å². The Morgan fingerprint density at radius 3 is 2.50 bits per heavy atom. The molecule has 0 atom stereocenters. The van der Waals surface area contributed by atoms with E-state index in [1.165, 1.54) is 23.4 Å². The molecule has 1 heterocycles. The van der Waals surface area contributed by atoms with Crippen LogP contribution in [-0.2, 0) is 11.3 Å². The number of carbonyl (C=O) groups excluding carboxylic acids is 1. The summed E-state index contributed by atoms with van der Waals surface area (Å²) >= 11 is 1.45. The molecule has 6 heteroatoms. The number of carboxylic acid groups (broad SMARTS) is 1.